The number of hydrogen-bond acceptors (Lipinski definition) is 6. The zero-order valence-corrected chi connectivity index (χ0v) is 15.9. The molecule has 9 heteroatoms. The highest BCUT2D eigenvalue weighted by atomic mass is 16.6. The molecule has 9 nitrogen and oxygen atoms in total. The first-order chi connectivity index (χ1) is 14.0. The van der Waals surface area contributed by atoms with E-state index in [1.165, 1.54) is 12.1 Å². The van der Waals surface area contributed by atoms with Crippen molar-refractivity contribution in [2.75, 3.05) is 6.61 Å². The lowest BCUT2D eigenvalue weighted by Crippen LogP contribution is -2.19. The van der Waals surface area contributed by atoms with E-state index in [1.807, 2.05) is 31.2 Å². The predicted octanol–water partition coefficient (Wildman–Crippen LogP) is 3.54. The summed E-state index contributed by atoms with van der Waals surface area (Å²) < 4.78 is 5.41. The number of benzene rings is 2. The third kappa shape index (κ3) is 4.83. The number of carbonyl (C=O) groups excluding carboxylic acids is 1. The van der Waals surface area contributed by atoms with Crippen LogP contribution in [-0.4, -0.2) is 33.3 Å². The van der Waals surface area contributed by atoms with Gasteiger partial charge in [0.25, 0.3) is 11.6 Å². The molecule has 1 amide bonds. The van der Waals surface area contributed by atoms with Crippen molar-refractivity contribution in [3.8, 4) is 17.0 Å². The van der Waals surface area contributed by atoms with Crippen LogP contribution in [0.15, 0.2) is 59.7 Å². The molecule has 3 rings (SSSR count). The van der Waals surface area contributed by atoms with Crippen LogP contribution in [0.1, 0.15) is 29.9 Å². The van der Waals surface area contributed by atoms with Gasteiger partial charge in [0, 0.05) is 17.7 Å². The zero-order chi connectivity index (χ0) is 20.8. The van der Waals surface area contributed by atoms with E-state index in [2.05, 4.69) is 20.7 Å². The summed E-state index contributed by atoms with van der Waals surface area (Å²) in [6.07, 6.45) is 0. The fourth-order valence-electron chi connectivity index (χ4n) is 2.56. The molecule has 0 spiro atoms. The standard InChI is InChI=1S/C20H19N5O4/c1-3-29-17-10-6-15(7-11-17)18-12-19(23-22-18)20(26)24-21-13(2)14-4-8-16(9-5-14)25(27)28/h4-12H,3H2,1-2H3,(H,22,23)(H,24,26)/b21-13+. The highest BCUT2D eigenvalue weighted by molar-refractivity contribution is 6.00. The Hall–Kier alpha value is -4.01. The Balaban J connectivity index is 1.66. The van der Waals surface area contributed by atoms with Crippen molar-refractivity contribution in [2.24, 2.45) is 5.10 Å². The van der Waals surface area contributed by atoms with Gasteiger partial charge in [-0.1, -0.05) is 0 Å². The van der Waals surface area contributed by atoms with E-state index < -0.39 is 10.8 Å². The molecular formula is C20H19N5O4. The van der Waals surface area contributed by atoms with Gasteiger partial charge in [-0.3, -0.25) is 20.0 Å². The molecule has 1 heterocycles. The molecule has 0 radical (unpaired) electrons. The molecular weight excluding hydrogens is 374 g/mol. The number of ether oxygens (including phenoxy) is 1. The molecule has 29 heavy (non-hydrogen) atoms. The second-order valence-electron chi connectivity index (χ2n) is 6.07. The number of hydrazone groups is 1. The predicted molar refractivity (Wildman–Crippen MR) is 108 cm³/mol. The van der Waals surface area contributed by atoms with Crippen molar-refractivity contribution >= 4 is 17.3 Å². The molecule has 0 atom stereocenters. The second kappa shape index (κ2) is 8.79. The first kappa shape index (κ1) is 19.7. The average molecular weight is 393 g/mol. The van der Waals surface area contributed by atoms with Crippen LogP contribution in [-0.2, 0) is 0 Å². The van der Waals surface area contributed by atoms with E-state index in [-0.39, 0.29) is 11.4 Å². The van der Waals surface area contributed by atoms with E-state index in [4.69, 9.17) is 4.74 Å². The summed E-state index contributed by atoms with van der Waals surface area (Å²) in [5, 5.41) is 21.6. The number of carbonyl (C=O) groups is 1. The summed E-state index contributed by atoms with van der Waals surface area (Å²) in [4.78, 5) is 22.5. The maximum Gasteiger partial charge on any atom is 0.289 e. The largest absolute Gasteiger partial charge is 0.494 e. The van der Waals surface area contributed by atoms with Crippen molar-refractivity contribution < 1.29 is 14.5 Å². The lowest BCUT2D eigenvalue weighted by Gasteiger charge is -2.03. The van der Waals surface area contributed by atoms with Crippen molar-refractivity contribution in [1.29, 1.82) is 0 Å². The van der Waals surface area contributed by atoms with Crippen LogP contribution >= 0.6 is 0 Å². The van der Waals surface area contributed by atoms with Crippen LogP contribution in [0.3, 0.4) is 0 Å². The van der Waals surface area contributed by atoms with Gasteiger partial charge in [0.05, 0.1) is 22.9 Å². The summed E-state index contributed by atoms with van der Waals surface area (Å²) in [7, 11) is 0. The highest BCUT2D eigenvalue weighted by Gasteiger charge is 2.11. The number of nitro benzene ring substituents is 1. The molecule has 1 aromatic heterocycles. The molecule has 0 saturated heterocycles. The minimum absolute atomic E-state index is 0.00938. The Kier molecular flexibility index (Phi) is 5.98. The van der Waals surface area contributed by atoms with Gasteiger partial charge in [0.15, 0.2) is 0 Å². The van der Waals surface area contributed by atoms with Gasteiger partial charge in [-0.05, 0) is 61.9 Å². The molecule has 0 fully saturated rings. The number of aromatic nitrogens is 2. The van der Waals surface area contributed by atoms with Gasteiger partial charge in [-0.25, -0.2) is 5.43 Å². The first-order valence-electron chi connectivity index (χ1n) is 8.86. The number of rotatable bonds is 7. The van der Waals surface area contributed by atoms with Crippen molar-refractivity contribution in [3.63, 3.8) is 0 Å². The summed E-state index contributed by atoms with van der Waals surface area (Å²) in [5.74, 6) is 0.316. The molecule has 3 aromatic rings. The van der Waals surface area contributed by atoms with E-state index >= 15 is 0 Å². The van der Waals surface area contributed by atoms with Gasteiger partial charge in [0.1, 0.15) is 11.4 Å². The van der Waals surface area contributed by atoms with Gasteiger partial charge >= 0.3 is 0 Å². The normalized spacial score (nSPS) is 11.2. The zero-order valence-electron chi connectivity index (χ0n) is 15.9. The summed E-state index contributed by atoms with van der Waals surface area (Å²) in [6.45, 7) is 4.20. The fraction of sp³-hybridized carbons (Fsp3) is 0.150. The summed E-state index contributed by atoms with van der Waals surface area (Å²) in [5.41, 5.74) is 5.34. The van der Waals surface area contributed by atoms with Crippen molar-refractivity contribution in [3.05, 3.63) is 76.0 Å². The third-order valence-corrected chi connectivity index (χ3v) is 4.10. The van der Waals surface area contributed by atoms with E-state index in [1.54, 1.807) is 25.1 Å². The van der Waals surface area contributed by atoms with Gasteiger partial charge < -0.3 is 4.74 Å². The monoisotopic (exact) mass is 393 g/mol. The number of H-pyrrole nitrogens is 1. The van der Waals surface area contributed by atoms with Crippen LogP contribution in [0.2, 0.25) is 0 Å². The van der Waals surface area contributed by atoms with Crippen LogP contribution < -0.4 is 10.2 Å². The quantitative estimate of drug-likeness (QED) is 0.361. The first-order valence-corrected chi connectivity index (χ1v) is 8.86. The van der Waals surface area contributed by atoms with Crippen LogP contribution in [0.4, 0.5) is 5.69 Å². The number of non-ortho nitro benzene ring substituents is 1. The summed E-state index contributed by atoms with van der Waals surface area (Å²) >= 11 is 0. The fourth-order valence-corrected chi connectivity index (χ4v) is 2.56. The molecule has 2 N–H and O–H groups in total. The topological polar surface area (TPSA) is 123 Å². The average Bonchev–Trinajstić information content (AvgIpc) is 3.23. The number of aromatic amines is 1. The number of nitrogens with one attached hydrogen (secondary N) is 2. The van der Waals surface area contributed by atoms with Crippen LogP contribution in [0, 0.1) is 10.1 Å². The molecule has 0 saturated carbocycles. The minimum atomic E-state index is -0.474. The maximum absolute atomic E-state index is 12.3. The maximum atomic E-state index is 12.3. The lowest BCUT2D eigenvalue weighted by molar-refractivity contribution is -0.384. The number of nitro groups is 1. The SMILES string of the molecule is CCOc1ccc(-c2cc(C(=O)N/N=C(\C)c3ccc([N+](=O)[O-])cc3)[nH]n2)cc1. The molecule has 2 aromatic carbocycles. The lowest BCUT2D eigenvalue weighted by atomic mass is 10.1. The van der Waals surface area contributed by atoms with Gasteiger partial charge in [-0.2, -0.15) is 10.2 Å². The molecule has 0 aliphatic carbocycles. The second-order valence-corrected chi connectivity index (χ2v) is 6.07. The summed E-state index contributed by atoms with van der Waals surface area (Å²) in [6, 6.07) is 14.9. The van der Waals surface area contributed by atoms with E-state index in [0.717, 1.165) is 11.3 Å². The van der Waals surface area contributed by atoms with E-state index in [0.29, 0.717) is 23.6 Å². The molecule has 0 bridgehead atoms. The third-order valence-electron chi connectivity index (χ3n) is 4.10. The number of amides is 1. The Morgan fingerprint density at radius 3 is 2.52 bits per heavy atom. The molecule has 0 aliphatic heterocycles. The Bertz CT molecular complexity index is 1040. The minimum Gasteiger partial charge on any atom is -0.494 e. The van der Waals surface area contributed by atoms with Gasteiger partial charge in [0.2, 0.25) is 0 Å². The number of nitrogens with zero attached hydrogens (tertiary/aromatic N) is 3. The smallest absolute Gasteiger partial charge is 0.289 e. The Morgan fingerprint density at radius 1 is 1.21 bits per heavy atom. The Labute approximate surface area is 166 Å². The van der Waals surface area contributed by atoms with Crippen molar-refractivity contribution in [1.82, 2.24) is 15.6 Å². The van der Waals surface area contributed by atoms with E-state index in [9.17, 15) is 14.9 Å². The van der Waals surface area contributed by atoms with Crippen molar-refractivity contribution in [2.45, 2.75) is 13.8 Å². The highest BCUT2D eigenvalue weighted by Crippen LogP contribution is 2.21. The molecule has 148 valence electrons. The number of hydrogen-bond donors (Lipinski definition) is 2. The Morgan fingerprint density at radius 2 is 1.90 bits per heavy atom. The molecule has 0 aliphatic rings. The van der Waals surface area contributed by atoms with Gasteiger partial charge in [-0.15, -0.1) is 0 Å². The van der Waals surface area contributed by atoms with Crippen LogP contribution in [0.5, 0.6) is 5.75 Å². The van der Waals surface area contributed by atoms with Crippen LogP contribution in [0.25, 0.3) is 11.3 Å². The molecule has 0 unspecified atom stereocenters.